The molecule has 0 unspecified atom stereocenters. The Morgan fingerprint density at radius 2 is 1.94 bits per heavy atom. The van der Waals surface area contributed by atoms with Crippen molar-refractivity contribution in [3.05, 3.63) is 58.8 Å². The summed E-state index contributed by atoms with van der Waals surface area (Å²) >= 11 is 0. The Morgan fingerprint density at radius 1 is 1.19 bits per heavy atom. The minimum absolute atomic E-state index is 0.103. The quantitative estimate of drug-likeness (QED) is 0.790. The number of anilines is 1. The first-order chi connectivity index (χ1) is 14.8. The smallest absolute Gasteiger partial charge is 0.348 e. The summed E-state index contributed by atoms with van der Waals surface area (Å²) in [5, 5.41) is 6.81. The number of aromatic nitrogens is 1. The molecule has 0 saturated carbocycles. The number of carbonyl (C=O) groups is 2. The van der Waals surface area contributed by atoms with Gasteiger partial charge < -0.3 is 19.5 Å². The number of amides is 3. The van der Waals surface area contributed by atoms with E-state index in [2.05, 4.69) is 29.3 Å². The van der Waals surface area contributed by atoms with Crippen LogP contribution in [0.3, 0.4) is 0 Å². The van der Waals surface area contributed by atoms with E-state index in [0.717, 1.165) is 11.3 Å². The van der Waals surface area contributed by atoms with Crippen LogP contribution in [-0.4, -0.2) is 46.0 Å². The third-order valence-corrected chi connectivity index (χ3v) is 5.45. The van der Waals surface area contributed by atoms with Crippen LogP contribution in [0, 0.1) is 13.8 Å². The van der Waals surface area contributed by atoms with Crippen LogP contribution in [0.5, 0.6) is 0 Å². The summed E-state index contributed by atoms with van der Waals surface area (Å²) < 4.78 is 10.6. The zero-order valence-electron chi connectivity index (χ0n) is 18.0. The Kier molecular flexibility index (Phi) is 5.50. The number of nitrogens with one attached hydrogen (secondary N) is 1. The van der Waals surface area contributed by atoms with E-state index in [9.17, 15) is 9.59 Å². The van der Waals surface area contributed by atoms with Gasteiger partial charge in [-0.15, -0.1) is 4.99 Å². The highest BCUT2D eigenvalue weighted by Gasteiger charge is 2.34. The van der Waals surface area contributed by atoms with Crippen molar-refractivity contribution >= 4 is 23.6 Å². The Labute approximate surface area is 180 Å². The number of benzene rings is 1. The van der Waals surface area contributed by atoms with Crippen LogP contribution in [0.25, 0.3) is 0 Å². The summed E-state index contributed by atoms with van der Waals surface area (Å²) in [7, 11) is 0. The van der Waals surface area contributed by atoms with Crippen LogP contribution in [0.1, 0.15) is 42.3 Å². The third kappa shape index (κ3) is 4.16. The van der Waals surface area contributed by atoms with Crippen molar-refractivity contribution in [3.63, 3.8) is 0 Å². The maximum Gasteiger partial charge on any atom is 0.348 e. The SMILES string of the molecule is Cc1noc(C)c1CN1CCN2C(C(=O)Nc3ccc(C(C)C)cc3)=COC2=NC1=O. The second kappa shape index (κ2) is 8.25. The highest BCUT2D eigenvalue weighted by Crippen LogP contribution is 2.23. The van der Waals surface area contributed by atoms with Gasteiger partial charge in [-0.25, -0.2) is 4.79 Å². The molecule has 3 amide bonds. The molecular formula is C22H25N5O4. The summed E-state index contributed by atoms with van der Waals surface area (Å²) in [6.45, 7) is 8.95. The van der Waals surface area contributed by atoms with Crippen LogP contribution >= 0.6 is 0 Å². The standard InChI is InChI=1S/C22H25N5O4/c1-13(2)16-5-7-17(8-6-16)23-20(28)19-12-30-22-24-21(29)26(9-10-27(19)22)11-18-14(3)25-31-15(18)4/h5-8,12-13H,9-11H2,1-4H3,(H,23,28). The molecule has 3 heterocycles. The van der Waals surface area contributed by atoms with Gasteiger partial charge in [0.25, 0.3) is 5.91 Å². The Morgan fingerprint density at radius 3 is 2.58 bits per heavy atom. The van der Waals surface area contributed by atoms with Crippen molar-refractivity contribution < 1.29 is 18.8 Å². The number of aryl methyl sites for hydroxylation is 2. The normalized spacial score (nSPS) is 16.0. The van der Waals surface area contributed by atoms with Gasteiger partial charge in [0.2, 0.25) is 0 Å². The number of hydrogen-bond acceptors (Lipinski definition) is 6. The molecule has 2 aliphatic heterocycles. The largest absolute Gasteiger partial charge is 0.431 e. The molecule has 0 atom stereocenters. The molecule has 0 aliphatic carbocycles. The predicted molar refractivity (Wildman–Crippen MR) is 114 cm³/mol. The van der Waals surface area contributed by atoms with Crippen molar-refractivity contribution in [1.29, 1.82) is 0 Å². The number of amidine groups is 1. The van der Waals surface area contributed by atoms with Crippen LogP contribution in [0.4, 0.5) is 10.5 Å². The van der Waals surface area contributed by atoms with Crippen LogP contribution in [-0.2, 0) is 16.1 Å². The minimum atomic E-state index is -0.433. The number of hydrogen-bond donors (Lipinski definition) is 1. The van der Waals surface area contributed by atoms with Gasteiger partial charge in [0.05, 0.1) is 12.2 Å². The zero-order chi connectivity index (χ0) is 22.1. The molecule has 0 spiro atoms. The van der Waals surface area contributed by atoms with E-state index < -0.39 is 6.03 Å². The summed E-state index contributed by atoms with van der Waals surface area (Å²) in [4.78, 5) is 32.7. The summed E-state index contributed by atoms with van der Waals surface area (Å²) in [6, 6.07) is 7.39. The maximum atomic E-state index is 12.8. The fraction of sp³-hybridized carbons (Fsp3) is 0.364. The number of rotatable bonds is 5. The maximum absolute atomic E-state index is 12.8. The molecule has 31 heavy (non-hydrogen) atoms. The first kappa shape index (κ1) is 20.6. The fourth-order valence-corrected chi connectivity index (χ4v) is 3.50. The van der Waals surface area contributed by atoms with Crippen LogP contribution in [0.2, 0.25) is 0 Å². The minimum Gasteiger partial charge on any atom is -0.431 e. The van der Waals surface area contributed by atoms with Crippen LogP contribution < -0.4 is 5.32 Å². The predicted octanol–water partition coefficient (Wildman–Crippen LogP) is 3.52. The van der Waals surface area contributed by atoms with Crippen molar-refractivity contribution in [2.24, 2.45) is 4.99 Å². The number of nitrogens with zero attached hydrogens (tertiary/aromatic N) is 4. The van der Waals surface area contributed by atoms with E-state index in [0.29, 0.717) is 42.7 Å². The third-order valence-electron chi connectivity index (χ3n) is 5.45. The van der Waals surface area contributed by atoms with Crippen molar-refractivity contribution in [2.75, 3.05) is 18.4 Å². The van der Waals surface area contributed by atoms with E-state index in [1.54, 1.807) is 9.80 Å². The highest BCUT2D eigenvalue weighted by atomic mass is 16.5. The Hall–Kier alpha value is -3.62. The summed E-state index contributed by atoms with van der Waals surface area (Å²) in [6.07, 6.45) is 1.33. The summed E-state index contributed by atoms with van der Waals surface area (Å²) in [5.74, 6) is 0.758. The van der Waals surface area contributed by atoms with Gasteiger partial charge in [-0.3, -0.25) is 9.69 Å². The van der Waals surface area contributed by atoms with Crippen molar-refractivity contribution in [1.82, 2.24) is 15.0 Å². The number of ether oxygens (including phenoxy) is 1. The lowest BCUT2D eigenvalue weighted by molar-refractivity contribution is -0.113. The van der Waals surface area contributed by atoms with E-state index in [1.165, 1.54) is 11.8 Å². The van der Waals surface area contributed by atoms with Gasteiger partial charge in [-0.05, 0) is 37.5 Å². The van der Waals surface area contributed by atoms with Gasteiger partial charge >= 0.3 is 12.1 Å². The molecule has 2 aromatic rings. The molecule has 0 saturated heterocycles. The molecule has 0 fully saturated rings. The number of aliphatic imine (C=N–C) groups is 1. The molecule has 0 radical (unpaired) electrons. The highest BCUT2D eigenvalue weighted by molar-refractivity contribution is 6.08. The van der Waals surface area contributed by atoms with Gasteiger partial charge in [-0.1, -0.05) is 31.1 Å². The monoisotopic (exact) mass is 423 g/mol. The fourth-order valence-electron chi connectivity index (χ4n) is 3.50. The van der Waals surface area contributed by atoms with Crippen molar-refractivity contribution in [2.45, 2.75) is 40.2 Å². The van der Waals surface area contributed by atoms with E-state index >= 15 is 0 Å². The lowest BCUT2D eigenvalue weighted by Gasteiger charge is -2.21. The molecule has 1 aromatic heterocycles. The second-order valence-electron chi connectivity index (χ2n) is 7.90. The first-order valence-electron chi connectivity index (χ1n) is 10.2. The number of urea groups is 1. The van der Waals surface area contributed by atoms with Gasteiger partial charge in [-0.2, -0.15) is 0 Å². The molecule has 0 bridgehead atoms. The van der Waals surface area contributed by atoms with Gasteiger partial charge in [0, 0.05) is 24.3 Å². The Bertz CT molecular complexity index is 1050. The molecule has 2 aliphatic rings. The molecule has 9 nitrogen and oxygen atoms in total. The average molecular weight is 423 g/mol. The Balaban J connectivity index is 1.44. The van der Waals surface area contributed by atoms with E-state index in [1.807, 2.05) is 38.1 Å². The average Bonchev–Trinajstić information content (AvgIpc) is 3.23. The molecular weight excluding hydrogens is 398 g/mol. The van der Waals surface area contributed by atoms with Crippen molar-refractivity contribution in [3.8, 4) is 0 Å². The first-order valence-corrected chi connectivity index (χ1v) is 10.2. The molecule has 4 rings (SSSR count). The van der Waals surface area contributed by atoms with E-state index in [4.69, 9.17) is 9.26 Å². The lowest BCUT2D eigenvalue weighted by Crippen LogP contribution is -2.36. The second-order valence-corrected chi connectivity index (χ2v) is 7.90. The molecule has 1 aromatic carbocycles. The van der Waals surface area contributed by atoms with E-state index in [-0.39, 0.29) is 11.9 Å². The molecule has 162 valence electrons. The lowest BCUT2D eigenvalue weighted by atomic mass is 10.0. The molecule has 9 heteroatoms. The summed E-state index contributed by atoms with van der Waals surface area (Å²) in [5.41, 5.74) is 3.78. The zero-order valence-corrected chi connectivity index (χ0v) is 18.0. The van der Waals surface area contributed by atoms with Gasteiger partial charge in [0.15, 0.2) is 0 Å². The van der Waals surface area contributed by atoms with Gasteiger partial charge in [0.1, 0.15) is 17.7 Å². The topological polar surface area (TPSA) is 100 Å². The number of fused-ring (bicyclic) bond motifs is 1. The number of carbonyl (C=O) groups excluding carboxylic acids is 2. The molecule has 1 N–H and O–H groups in total. The van der Waals surface area contributed by atoms with Crippen LogP contribution in [0.15, 0.2) is 45.7 Å².